The lowest BCUT2D eigenvalue weighted by atomic mass is 9.43. The van der Waals surface area contributed by atoms with Gasteiger partial charge in [-0.2, -0.15) is 0 Å². The van der Waals surface area contributed by atoms with Gasteiger partial charge in [-0.3, -0.25) is 23.7 Å². The summed E-state index contributed by atoms with van der Waals surface area (Å²) in [4.78, 5) is 69.8. The maximum absolute atomic E-state index is 13.9. The molecule has 5 rings (SSSR count). The molecular weight excluding hydrogens is 599 g/mol. The number of allylic oxidation sites excluding steroid dienone is 2. The number of esters is 2. The van der Waals surface area contributed by atoms with Gasteiger partial charge in [-0.25, -0.2) is 4.57 Å². The molecule has 5 aliphatic rings. The predicted molar refractivity (Wildman–Crippen MR) is 164 cm³/mol. The molecule has 5 aliphatic carbocycles. The van der Waals surface area contributed by atoms with Crippen molar-refractivity contribution in [3.63, 3.8) is 0 Å². The third kappa shape index (κ3) is 5.22. The second kappa shape index (κ2) is 11.2. The summed E-state index contributed by atoms with van der Waals surface area (Å²) in [5.41, 5.74) is -0.475. The molecule has 0 saturated heterocycles. The van der Waals surface area contributed by atoms with Crippen LogP contribution in [0.2, 0.25) is 0 Å². The van der Waals surface area contributed by atoms with Crippen molar-refractivity contribution in [2.45, 2.75) is 99.2 Å². The van der Waals surface area contributed by atoms with E-state index in [1.54, 1.807) is 6.92 Å². The summed E-state index contributed by atoms with van der Waals surface area (Å²) in [6.07, 6.45) is 7.74. The van der Waals surface area contributed by atoms with Crippen molar-refractivity contribution >= 4 is 31.3 Å². The number of carbonyl (C=O) groups is 4. The van der Waals surface area contributed by atoms with Gasteiger partial charge in [-0.15, -0.1) is 0 Å². The van der Waals surface area contributed by atoms with Crippen molar-refractivity contribution in [2.75, 3.05) is 6.61 Å². The average molecular weight is 649 g/mol. The first-order valence-electron chi connectivity index (χ1n) is 16.3. The first-order chi connectivity index (χ1) is 20.7. The van der Waals surface area contributed by atoms with E-state index in [4.69, 9.17) is 19.3 Å². The molecule has 12 atom stereocenters. The number of carbonyl (C=O) groups excluding carboxylic acids is 4. The lowest BCUT2D eigenvalue weighted by Crippen LogP contribution is -2.56. The Labute approximate surface area is 265 Å². The van der Waals surface area contributed by atoms with Gasteiger partial charge in [0.15, 0.2) is 17.7 Å². The maximum atomic E-state index is 13.9. The summed E-state index contributed by atoms with van der Waals surface area (Å²) in [6, 6.07) is 0. The van der Waals surface area contributed by atoms with E-state index >= 15 is 0 Å². The van der Waals surface area contributed by atoms with E-state index in [1.807, 2.05) is 13.0 Å². The third-order valence-corrected chi connectivity index (χ3v) is 13.8. The first-order valence-corrected chi connectivity index (χ1v) is 17.8. The molecule has 0 aromatic carbocycles. The second-order valence-electron chi connectivity index (χ2n) is 15.3. The molecule has 0 bridgehead atoms. The Morgan fingerprint density at radius 2 is 1.76 bits per heavy atom. The third-order valence-electron chi connectivity index (χ3n) is 13.3. The number of hydrogen-bond acceptors (Lipinski definition) is 8. The lowest BCUT2D eigenvalue weighted by Gasteiger charge is -2.61. The molecule has 0 aliphatic heterocycles. The van der Waals surface area contributed by atoms with Gasteiger partial charge >= 0.3 is 19.8 Å². The van der Waals surface area contributed by atoms with Crippen molar-refractivity contribution in [2.24, 2.45) is 57.2 Å². The molecule has 0 radical (unpaired) electrons. The summed E-state index contributed by atoms with van der Waals surface area (Å²) < 4.78 is 27.7. The fraction of sp³-hybridized carbons (Fsp3) is 0.765. The molecule has 0 amide bonds. The van der Waals surface area contributed by atoms with E-state index in [1.165, 1.54) is 13.8 Å². The van der Waals surface area contributed by atoms with Crippen LogP contribution in [-0.4, -0.2) is 52.1 Å². The van der Waals surface area contributed by atoms with Crippen LogP contribution in [0.25, 0.3) is 0 Å². The smallest absolute Gasteiger partial charge is 0.462 e. The standard InChI is InChI=1S/C34H49O10P/c1-18(16-42-45(39,40)41)19(2)29(38)30(44-23(6)36)21(4)28-26(43-22(5)35)15-32(8)27-10-9-24-20(3)25(37)11-12-33(24)17-34(27,33)14-13-31(28,32)7/h11-12,18,20-21,24,26-28,30H,2,9-10,13-17H2,1,3-8H3,(H2,39,40,41). The fourth-order valence-corrected chi connectivity index (χ4v) is 11.6. The van der Waals surface area contributed by atoms with E-state index in [2.05, 4.69) is 37.9 Å². The summed E-state index contributed by atoms with van der Waals surface area (Å²) >= 11 is 0. The van der Waals surface area contributed by atoms with Crippen LogP contribution < -0.4 is 0 Å². The number of phosphoric ester groups is 1. The van der Waals surface area contributed by atoms with Crippen molar-refractivity contribution in [3.8, 4) is 0 Å². The molecule has 0 aromatic rings. The van der Waals surface area contributed by atoms with Gasteiger partial charge in [0, 0.05) is 37.5 Å². The van der Waals surface area contributed by atoms with Gasteiger partial charge < -0.3 is 19.3 Å². The van der Waals surface area contributed by atoms with Crippen LogP contribution in [0.1, 0.15) is 87.0 Å². The first kappa shape index (κ1) is 34.2. The normalized spacial score (nSPS) is 41.8. The number of phosphoric acid groups is 1. The predicted octanol–water partition coefficient (Wildman–Crippen LogP) is 5.36. The number of ketones is 2. The Morgan fingerprint density at radius 3 is 2.36 bits per heavy atom. The van der Waals surface area contributed by atoms with Gasteiger partial charge in [-0.05, 0) is 83.7 Å². The lowest BCUT2D eigenvalue weighted by molar-refractivity contribution is -0.166. The van der Waals surface area contributed by atoms with Crippen LogP contribution in [0.5, 0.6) is 0 Å². The highest BCUT2D eigenvalue weighted by Crippen LogP contribution is 2.87. The molecule has 0 aromatic heterocycles. The van der Waals surface area contributed by atoms with Gasteiger partial charge in [-0.1, -0.05) is 47.3 Å². The van der Waals surface area contributed by atoms with E-state index in [9.17, 15) is 23.7 Å². The number of Topliss-reactive ketones (excluding diaryl/α,β-unsaturated/α-hetero) is 1. The average Bonchev–Trinajstić information content (AvgIpc) is 3.55. The van der Waals surface area contributed by atoms with Gasteiger partial charge in [0.2, 0.25) is 0 Å². The zero-order valence-electron chi connectivity index (χ0n) is 27.5. The van der Waals surface area contributed by atoms with Crippen LogP contribution in [0, 0.1) is 57.2 Å². The maximum Gasteiger partial charge on any atom is 0.469 e. The highest BCUT2D eigenvalue weighted by molar-refractivity contribution is 7.46. The Balaban J connectivity index is 1.49. The zero-order chi connectivity index (χ0) is 33.5. The van der Waals surface area contributed by atoms with E-state index in [0.717, 1.165) is 32.1 Å². The highest BCUT2D eigenvalue weighted by atomic mass is 31.2. The minimum atomic E-state index is -4.76. The van der Waals surface area contributed by atoms with Crippen LogP contribution >= 0.6 is 7.82 Å². The summed E-state index contributed by atoms with van der Waals surface area (Å²) in [5, 5.41) is 0. The van der Waals surface area contributed by atoms with Crippen LogP contribution in [-0.2, 0) is 37.7 Å². The monoisotopic (exact) mass is 648 g/mol. The zero-order valence-corrected chi connectivity index (χ0v) is 28.4. The summed E-state index contributed by atoms with van der Waals surface area (Å²) in [7, 11) is -4.76. The molecule has 2 spiro atoms. The van der Waals surface area contributed by atoms with Crippen molar-refractivity contribution in [1.82, 2.24) is 0 Å². The van der Waals surface area contributed by atoms with E-state index in [-0.39, 0.29) is 44.9 Å². The number of ether oxygens (including phenoxy) is 2. The molecule has 4 saturated carbocycles. The van der Waals surface area contributed by atoms with E-state index < -0.39 is 56.2 Å². The summed E-state index contributed by atoms with van der Waals surface area (Å²) in [5.74, 6) is -2.32. The van der Waals surface area contributed by atoms with Crippen LogP contribution in [0.3, 0.4) is 0 Å². The molecule has 45 heavy (non-hydrogen) atoms. The van der Waals surface area contributed by atoms with Gasteiger partial charge in [0.25, 0.3) is 0 Å². The minimum absolute atomic E-state index is 0.0136. The molecular formula is C34H49O10P. The molecule has 12 unspecified atom stereocenters. The number of rotatable bonds is 10. The Bertz CT molecular complexity index is 1380. The molecule has 250 valence electrons. The fourth-order valence-electron chi connectivity index (χ4n) is 11.1. The molecule has 4 fully saturated rings. The number of hydrogen-bond donors (Lipinski definition) is 2. The van der Waals surface area contributed by atoms with Crippen molar-refractivity contribution < 1.29 is 47.5 Å². The Kier molecular flexibility index (Phi) is 8.55. The number of fused-ring (bicyclic) bond motifs is 2. The molecule has 10 nitrogen and oxygen atoms in total. The Hall–Kier alpha value is -2.13. The minimum Gasteiger partial charge on any atom is -0.462 e. The highest BCUT2D eigenvalue weighted by Gasteiger charge is 2.81. The topological polar surface area (TPSA) is 154 Å². The quantitative estimate of drug-likeness (QED) is 0.180. The molecule has 2 N–H and O–H groups in total. The van der Waals surface area contributed by atoms with E-state index in [0.29, 0.717) is 18.3 Å². The molecule has 11 heteroatoms. The van der Waals surface area contributed by atoms with Gasteiger partial charge in [0.05, 0.1) is 6.61 Å². The van der Waals surface area contributed by atoms with Crippen LogP contribution in [0.15, 0.2) is 24.3 Å². The van der Waals surface area contributed by atoms with Crippen molar-refractivity contribution in [3.05, 3.63) is 24.3 Å². The van der Waals surface area contributed by atoms with Crippen molar-refractivity contribution in [1.29, 1.82) is 0 Å². The SMILES string of the molecule is C=C(C(=O)C(OC(C)=O)C(C)C1C(OC(C)=O)CC2(C)C3CCC4C(C)C(=O)C=CC45CC35CCC12C)C(C)COP(=O)(O)O. The second-order valence-corrected chi connectivity index (χ2v) is 16.6. The van der Waals surface area contributed by atoms with Crippen LogP contribution in [0.4, 0.5) is 0 Å². The largest absolute Gasteiger partial charge is 0.469 e. The Morgan fingerprint density at radius 1 is 1.09 bits per heavy atom. The summed E-state index contributed by atoms with van der Waals surface area (Å²) in [6.45, 7) is 16.2. The molecule has 0 heterocycles. The van der Waals surface area contributed by atoms with Gasteiger partial charge in [0.1, 0.15) is 6.10 Å².